The van der Waals surface area contributed by atoms with E-state index in [1.165, 1.54) is 0 Å². The van der Waals surface area contributed by atoms with Crippen LogP contribution in [-0.2, 0) is 11.2 Å². The van der Waals surface area contributed by atoms with Crippen LogP contribution < -0.4 is 5.32 Å². The number of carbonyl (C=O) groups is 1. The number of nitrogens with one attached hydrogen (secondary N) is 1. The van der Waals surface area contributed by atoms with Gasteiger partial charge in [0.2, 0.25) is 5.91 Å². The Morgan fingerprint density at radius 3 is 2.40 bits per heavy atom. The van der Waals surface area contributed by atoms with E-state index in [0.717, 1.165) is 49.6 Å². The number of hydrogen-bond donors (Lipinski definition) is 1. The predicted molar refractivity (Wildman–Crippen MR) is 124 cm³/mol. The van der Waals surface area contributed by atoms with E-state index in [1.54, 1.807) is 0 Å². The number of aryl methyl sites for hydroxylation is 3. The number of amides is 1. The van der Waals surface area contributed by atoms with Crippen LogP contribution in [0.3, 0.4) is 0 Å². The lowest BCUT2D eigenvalue weighted by molar-refractivity contribution is -0.116. The summed E-state index contributed by atoms with van der Waals surface area (Å²) in [5.74, 6) is -0.0159. The molecule has 152 valence electrons. The summed E-state index contributed by atoms with van der Waals surface area (Å²) >= 11 is 3.40. The van der Waals surface area contributed by atoms with Gasteiger partial charge in [0.15, 0.2) is 5.65 Å². The Morgan fingerprint density at radius 1 is 1.00 bits per heavy atom. The van der Waals surface area contributed by atoms with Gasteiger partial charge in [-0.15, -0.1) is 0 Å². The number of hydrogen-bond acceptors (Lipinski definition) is 3. The SMILES string of the molecule is Cc1nc2c(-c3ccccc3)c(C)nn2c(C)c1CCC(=O)Nc1ccc(Br)cc1. The van der Waals surface area contributed by atoms with Crippen molar-refractivity contribution in [1.29, 1.82) is 0 Å². The lowest BCUT2D eigenvalue weighted by atomic mass is 10.0. The van der Waals surface area contributed by atoms with Gasteiger partial charge < -0.3 is 5.32 Å². The van der Waals surface area contributed by atoms with E-state index in [4.69, 9.17) is 10.1 Å². The smallest absolute Gasteiger partial charge is 0.224 e. The van der Waals surface area contributed by atoms with Crippen LogP contribution in [0.2, 0.25) is 0 Å². The largest absolute Gasteiger partial charge is 0.326 e. The van der Waals surface area contributed by atoms with E-state index < -0.39 is 0 Å². The standard InChI is InChI=1S/C24H23BrN4O/c1-15-21(13-14-22(30)27-20-11-9-19(25)10-12-20)17(3)29-24(26-15)23(16(2)28-29)18-7-5-4-6-8-18/h4-12H,13-14H2,1-3H3,(H,27,30). The molecule has 0 aliphatic carbocycles. The van der Waals surface area contributed by atoms with Gasteiger partial charge in [-0.25, -0.2) is 9.50 Å². The van der Waals surface area contributed by atoms with Crippen molar-refractivity contribution in [3.8, 4) is 11.1 Å². The Kier molecular flexibility index (Phi) is 5.68. The molecule has 0 fully saturated rings. The topological polar surface area (TPSA) is 59.3 Å². The fourth-order valence-electron chi connectivity index (χ4n) is 3.77. The maximum Gasteiger partial charge on any atom is 0.224 e. The second-order valence-corrected chi connectivity index (χ2v) is 8.29. The van der Waals surface area contributed by atoms with Gasteiger partial charge in [0.05, 0.1) is 5.69 Å². The molecule has 0 radical (unpaired) electrons. The van der Waals surface area contributed by atoms with Gasteiger partial charge in [-0.3, -0.25) is 4.79 Å². The molecule has 1 amide bonds. The quantitative estimate of drug-likeness (QED) is 0.416. The number of fused-ring (bicyclic) bond motifs is 1. The van der Waals surface area contributed by atoms with Crippen molar-refractivity contribution >= 4 is 33.2 Å². The number of anilines is 1. The van der Waals surface area contributed by atoms with Gasteiger partial charge in [-0.05, 0) is 62.6 Å². The van der Waals surface area contributed by atoms with Crippen LogP contribution in [0.15, 0.2) is 59.1 Å². The van der Waals surface area contributed by atoms with Crippen LogP contribution in [0.1, 0.15) is 29.1 Å². The highest BCUT2D eigenvalue weighted by molar-refractivity contribution is 9.10. The maximum absolute atomic E-state index is 12.4. The van der Waals surface area contributed by atoms with Crippen molar-refractivity contribution in [3.05, 3.63) is 81.7 Å². The summed E-state index contributed by atoms with van der Waals surface area (Å²) in [6, 6.07) is 17.8. The fraction of sp³-hybridized carbons (Fsp3) is 0.208. The van der Waals surface area contributed by atoms with E-state index in [0.29, 0.717) is 12.8 Å². The van der Waals surface area contributed by atoms with Crippen LogP contribution in [0, 0.1) is 20.8 Å². The van der Waals surface area contributed by atoms with E-state index in [9.17, 15) is 4.79 Å². The van der Waals surface area contributed by atoms with Crippen LogP contribution in [0.5, 0.6) is 0 Å². The van der Waals surface area contributed by atoms with Gasteiger partial charge in [0.1, 0.15) is 0 Å². The van der Waals surface area contributed by atoms with Gasteiger partial charge in [-0.1, -0.05) is 46.3 Å². The van der Waals surface area contributed by atoms with Crippen molar-refractivity contribution in [2.24, 2.45) is 0 Å². The van der Waals surface area contributed by atoms with Crippen LogP contribution >= 0.6 is 15.9 Å². The molecule has 5 nitrogen and oxygen atoms in total. The summed E-state index contributed by atoms with van der Waals surface area (Å²) in [6.45, 7) is 6.06. The summed E-state index contributed by atoms with van der Waals surface area (Å²) in [4.78, 5) is 17.3. The number of halogens is 1. The number of carbonyl (C=O) groups excluding carboxylic acids is 1. The molecule has 0 aliphatic rings. The van der Waals surface area contributed by atoms with E-state index in [-0.39, 0.29) is 5.91 Å². The van der Waals surface area contributed by atoms with E-state index in [1.807, 2.05) is 67.8 Å². The summed E-state index contributed by atoms with van der Waals surface area (Å²) in [5, 5.41) is 7.69. The molecule has 0 bridgehead atoms. The summed E-state index contributed by atoms with van der Waals surface area (Å²) in [6.07, 6.45) is 0.999. The Balaban J connectivity index is 1.59. The minimum absolute atomic E-state index is 0.0159. The van der Waals surface area contributed by atoms with Gasteiger partial charge in [-0.2, -0.15) is 5.10 Å². The lowest BCUT2D eigenvalue weighted by Crippen LogP contribution is -2.14. The predicted octanol–water partition coefficient (Wildman–Crippen LogP) is 5.66. The van der Waals surface area contributed by atoms with Crippen LogP contribution in [0.4, 0.5) is 5.69 Å². The third kappa shape index (κ3) is 4.00. The molecule has 2 aromatic carbocycles. The first-order chi connectivity index (χ1) is 14.4. The second kappa shape index (κ2) is 8.40. The minimum atomic E-state index is -0.0159. The van der Waals surface area contributed by atoms with E-state index in [2.05, 4.69) is 33.4 Å². The van der Waals surface area contributed by atoms with Crippen molar-refractivity contribution in [3.63, 3.8) is 0 Å². The highest BCUT2D eigenvalue weighted by Crippen LogP contribution is 2.29. The Morgan fingerprint density at radius 2 is 1.70 bits per heavy atom. The molecule has 0 spiro atoms. The molecular weight excluding hydrogens is 440 g/mol. The molecule has 2 aromatic heterocycles. The van der Waals surface area contributed by atoms with Crippen molar-refractivity contribution in [2.75, 3.05) is 5.32 Å². The molecule has 0 unspecified atom stereocenters. The lowest BCUT2D eigenvalue weighted by Gasteiger charge is -2.12. The Hall–Kier alpha value is -2.99. The summed E-state index contributed by atoms with van der Waals surface area (Å²) in [5.41, 5.74) is 7.79. The average molecular weight is 463 g/mol. The molecule has 1 N–H and O–H groups in total. The Labute approximate surface area is 184 Å². The fourth-order valence-corrected chi connectivity index (χ4v) is 4.03. The zero-order chi connectivity index (χ0) is 21.3. The van der Waals surface area contributed by atoms with Gasteiger partial charge in [0.25, 0.3) is 0 Å². The van der Waals surface area contributed by atoms with Gasteiger partial charge >= 0.3 is 0 Å². The maximum atomic E-state index is 12.4. The number of aromatic nitrogens is 3. The molecule has 4 rings (SSSR count). The Bertz CT molecular complexity index is 1210. The molecular formula is C24H23BrN4O. The molecule has 0 aliphatic heterocycles. The minimum Gasteiger partial charge on any atom is -0.326 e. The van der Waals surface area contributed by atoms with Gasteiger partial charge in [0, 0.05) is 33.5 Å². The zero-order valence-electron chi connectivity index (χ0n) is 17.2. The van der Waals surface area contributed by atoms with Crippen LogP contribution in [0.25, 0.3) is 16.8 Å². The molecule has 0 saturated carbocycles. The molecule has 6 heteroatoms. The molecule has 30 heavy (non-hydrogen) atoms. The highest BCUT2D eigenvalue weighted by Gasteiger charge is 2.18. The molecule has 2 heterocycles. The molecule has 0 atom stereocenters. The molecule has 4 aromatic rings. The summed E-state index contributed by atoms with van der Waals surface area (Å²) in [7, 11) is 0. The van der Waals surface area contributed by atoms with Crippen LogP contribution in [-0.4, -0.2) is 20.5 Å². The third-order valence-electron chi connectivity index (χ3n) is 5.29. The monoisotopic (exact) mass is 462 g/mol. The molecule has 0 saturated heterocycles. The highest BCUT2D eigenvalue weighted by atomic mass is 79.9. The summed E-state index contributed by atoms with van der Waals surface area (Å²) < 4.78 is 2.89. The first kappa shape index (κ1) is 20.3. The number of nitrogens with zero attached hydrogens (tertiary/aromatic N) is 3. The zero-order valence-corrected chi connectivity index (χ0v) is 18.8. The van der Waals surface area contributed by atoms with Crippen molar-refractivity contribution in [1.82, 2.24) is 14.6 Å². The number of rotatable bonds is 5. The third-order valence-corrected chi connectivity index (χ3v) is 5.82. The average Bonchev–Trinajstić information content (AvgIpc) is 3.06. The number of benzene rings is 2. The first-order valence-corrected chi connectivity index (χ1v) is 10.7. The van der Waals surface area contributed by atoms with Crippen molar-refractivity contribution < 1.29 is 4.79 Å². The first-order valence-electron chi connectivity index (χ1n) is 9.90. The van der Waals surface area contributed by atoms with Crippen molar-refractivity contribution in [2.45, 2.75) is 33.6 Å². The second-order valence-electron chi connectivity index (χ2n) is 7.38. The normalized spacial score (nSPS) is 11.1. The van der Waals surface area contributed by atoms with E-state index >= 15 is 0 Å².